The van der Waals surface area contributed by atoms with Gasteiger partial charge >= 0.3 is 0 Å². The summed E-state index contributed by atoms with van der Waals surface area (Å²) in [6.45, 7) is 3.21. The van der Waals surface area contributed by atoms with Crippen LogP contribution in [0.1, 0.15) is 30.6 Å². The Hall–Kier alpha value is -2.71. The van der Waals surface area contributed by atoms with E-state index >= 15 is 0 Å². The standard InChI is InChI=1S/C23H22F2N4OS/c1-14(18-11-15(24)8-9-20(18)25)31-23-28-27-22(29(23)13-16-5-4-10-30-16)19-12-26-21-7-3-2-6-17(19)21/h2-3,6-9,11-12,14,16,26H,4-5,10,13H2,1H3. The van der Waals surface area contributed by atoms with Gasteiger partial charge in [0.1, 0.15) is 11.6 Å². The van der Waals surface area contributed by atoms with Gasteiger partial charge in [-0.25, -0.2) is 8.78 Å². The van der Waals surface area contributed by atoms with E-state index in [-0.39, 0.29) is 11.4 Å². The Morgan fingerprint density at radius 3 is 2.94 bits per heavy atom. The number of aromatic amines is 1. The first-order valence-corrected chi connectivity index (χ1v) is 11.2. The summed E-state index contributed by atoms with van der Waals surface area (Å²) in [5.74, 6) is -0.144. The van der Waals surface area contributed by atoms with Crippen molar-refractivity contribution >= 4 is 22.7 Å². The second kappa shape index (κ2) is 8.43. The minimum atomic E-state index is -0.454. The molecule has 0 aliphatic carbocycles. The van der Waals surface area contributed by atoms with Gasteiger partial charge in [-0.05, 0) is 44.0 Å². The van der Waals surface area contributed by atoms with E-state index in [0.29, 0.717) is 17.3 Å². The minimum Gasteiger partial charge on any atom is -0.376 e. The van der Waals surface area contributed by atoms with Crippen LogP contribution in [0.2, 0.25) is 0 Å². The third kappa shape index (κ3) is 3.97. The summed E-state index contributed by atoms with van der Waals surface area (Å²) in [7, 11) is 0. The summed E-state index contributed by atoms with van der Waals surface area (Å²) in [6, 6.07) is 11.6. The molecule has 2 atom stereocenters. The Morgan fingerprint density at radius 1 is 1.23 bits per heavy atom. The summed E-state index contributed by atoms with van der Waals surface area (Å²) in [5.41, 5.74) is 2.29. The summed E-state index contributed by atoms with van der Waals surface area (Å²) in [6.07, 6.45) is 4.03. The van der Waals surface area contributed by atoms with Gasteiger partial charge in [0.2, 0.25) is 0 Å². The van der Waals surface area contributed by atoms with Crippen LogP contribution in [0.25, 0.3) is 22.3 Å². The van der Waals surface area contributed by atoms with Gasteiger partial charge in [-0.15, -0.1) is 10.2 Å². The van der Waals surface area contributed by atoms with Crippen molar-refractivity contribution in [2.45, 2.75) is 42.8 Å². The molecule has 1 saturated heterocycles. The van der Waals surface area contributed by atoms with Gasteiger partial charge in [-0.2, -0.15) is 0 Å². The molecule has 4 aromatic rings. The quantitative estimate of drug-likeness (QED) is 0.389. The van der Waals surface area contributed by atoms with E-state index in [0.717, 1.165) is 53.9 Å². The van der Waals surface area contributed by atoms with Crippen molar-refractivity contribution in [3.8, 4) is 11.4 Å². The Balaban J connectivity index is 1.53. The molecule has 0 amide bonds. The number of benzene rings is 2. The zero-order chi connectivity index (χ0) is 21.4. The highest BCUT2D eigenvalue weighted by atomic mass is 32.2. The average Bonchev–Trinajstić information content (AvgIpc) is 3.51. The van der Waals surface area contributed by atoms with Gasteiger partial charge in [-0.3, -0.25) is 4.57 Å². The maximum atomic E-state index is 14.3. The molecule has 0 spiro atoms. The fourth-order valence-electron chi connectivity index (χ4n) is 4.04. The van der Waals surface area contributed by atoms with Gasteiger partial charge in [0.15, 0.2) is 11.0 Å². The topological polar surface area (TPSA) is 55.7 Å². The average molecular weight is 441 g/mol. The highest BCUT2D eigenvalue weighted by Gasteiger charge is 2.25. The highest BCUT2D eigenvalue weighted by Crippen LogP contribution is 2.38. The van der Waals surface area contributed by atoms with Crippen molar-refractivity contribution in [2.75, 3.05) is 6.61 Å². The maximum absolute atomic E-state index is 14.3. The smallest absolute Gasteiger partial charge is 0.192 e. The van der Waals surface area contributed by atoms with E-state index in [1.54, 1.807) is 0 Å². The van der Waals surface area contributed by atoms with E-state index in [9.17, 15) is 8.78 Å². The first-order valence-electron chi connectivity index (χ1n) is 10.3. The molecule has 160 valence electrons. The Kier molecular flexibility index (Phi) is 5.50. The third-order valence-electron chi connectivity index (χ3n) is 5.64. The van der Waals surface area contributed by atoms with Gasteiger partial charge < -0.3 is 9.72 Å². The van der Waals surface area contributed by atoms with Crippen molar-refractivity contribution in [1.29, 1.82) is 0 Å². The molecule has 0 saturated carbocycles. The lowest BCUT2D eigenvalue weighted by atomic mass is 10.1. The van der Waals surface area contributed by atoms with Gasteiger partial charge in [-0.1, -0.05) is 30.0 Å². The van der Waals surface area contributed by atoms with Crippen LogP contribution in [-0.2, 0) is 11.3 Å². The molecule has 3 heterocycles. The molecule has 8 heteroatoms. The minimum absolute atomic E-state index is 0.0838. The predicted molar refractivity (Wildman–Crippen MR) is 117 cm³/mol. The summed E-state index contributed by atoms with van der Waals surface area (Å²) in [5, 5.41) is 10.3. The number of H-pyrrole nitrogens is 1. The number of halogens is 2. The van der Waals surface area contributed by atoms with Crippen molar-refractivity contribution in [2.24, 2.45) is 0 Å². The van der Waals surface area contributed by atoms with Crippen LogP contribution >= 0.6 is 11.8 Å². The first-order chi connectivity index (χ1) is 15.1. The molecule has 2 aromatic carbocycles. The van der Waals surface area contributed by atoms with Crippen LogP contribution in [0.5, 0.6) is 0 Å². The maximum Gasteiger partial charge on any atom is 0.192 e. The zero-order valence-corrected chi connectivity index (χ0v) is 17.8. The van der Waals surface area contributed by atoms with Crippen LogP contribution in [-0.4, -0.2) is 32.5 Å². The fourth-order valence-corrected chi connectivity index (χ4v) is 5.04. The van der Waals surface area contributed by atoms with E-state index < -0.39 is 11.6 Å². The number of thioether (sulfide) groups is 1. The SMILES string of the molecule is CC(Sc1nnc(-c2c[nH]c3ccccc23)n1CC1CCCO1)c1cc(F)ccc1F. The van der Waals surface area contributed by atoms with Crippen LogP contribution in [0.15, 0.2) is 53.8 Å². The molecule has 1 fully saturated rings. The van der Waals surface area contributed by atoms with E-state index in [4.69, 9.17) is 4.74 Å². The molecule has 31 heavy (non-hydrogen) atoms. The fraction of sp³-hybridized carbons (Fsp3) is 0.304. The largest absolute Gasteiger partial charge is 0.376 e. The summed E-state index contributed by atoms with van der Waals surface area (Å²) in [4.78, 5) is 3.29. The number of para-hydroxylation sites is 1. The van der Waals surface area contributed by atoms with E-state index in [1.165, 1.54) is 17.8 Å². The van der Waals surface area contributed by atoms with E-state index in [1.807, 2.05) is 42.0 Å². The Morgan fingerprint density at radius 2 is 2.10 bits per heavy atom. The van der Waals surface area contributed by atoms with Gasteiger partial charge in [0.25, 0.3) is 0 Å². The number of rotatable bonds is 6. The van der Waals surface area contributed by atoms with Gasteiger partial charge in [0.05, 0.1) is 12.6 Å². The number of hydrogen-bond acceptors (Lipinski definition) is 4. The molecule has 1 N–H and O–H groups in total. The molecule has 1 aliphatic heterocycles. The first kappa shape index (κ1) is 20.2. The lowest BCUT2D eigenvalue weighted by Crippen LogP contribution is -2.16. The zero-order valence-electron chi connectivity index (χ0n) is 17.0. The number of nitrogens with one attached hydrogen (secondary N) is 1. The molecule has 1 aliphatic rings. The summed E-state index contributed by atoms with van der Waals surface area (Å²) < 4.78 is 35.9. The normalized spacial score (nSPS) is 17.5. The molecule has 5 rings (SSSR count). The van der Waals surface area contributed by atoms with Crippen LogP contribution in [0.4, 0.5) is 8.78 Å². The van der Waals surface area contributed by atoms with Crippen molar-refractivity contribution in [3.63, 3.8) is 0 Å². The highest BCUT2D eigenvalue weighted by molar-refractivity contribution is 7.99. The Bertz CT molecular complexity index is 1220. The second-order valence-corrected chi connectivity index (χ2v) is 9.03. The number of ether oxygens (including phenoxy) is 1. The Labute approximate surface area is 182 Å². The molecule has 2 unspecified atom stereocenters. The van der Waals surface area contributed by atoms with Gasteiger partial charge in [0, 0.05) is 40.1 Å². The van der Waals surface area contributed by atoms with Crippen LogP contribution < -0.4 is 0 Å². The van der Waals surface area contributed by atoms with Crippen LogP contribution in [0, 0.1) is 11.6 Å². The molecule has 5 nitrogen and oxygen atoms in total. The number of fused-ring (bicyclic) bond motifs is 1. The van der Waals surface area contributed by atoms with Crippen LogP contribution in [0.3, 0.4) is 0 Å². The van der Waals surface area contributed by atoms with Crippen molar-refractivity contribution in [1.82, 2.24) is 19.7 Å². The number of hydrogen-bond donors (Lipinski definition) is 1. The number of aromatic nitrogens is 4. The van der Waals surface area contributed by atoms with Crippen molar-refractivity contribution in [3.05, 3.63) is 65.9 Å². The second-order valence-electron chi connectivity index (χ2n) is 7.73. The monoisotopic (exact) mass is 440 g/mol. The van der Waals surface area contributed by atoms with E-state index in [2.05, 4.69) is 15.2 Å². The lowest BCUT2D eigenvalue weighted by Gasteiger charge is -2.17. The lowest BCUT2D eigenvalue weighted by molar-refractivity contribution is 0.0953. The van der Waals surface area contributed by atoms with Crippen molar-refractivity contribution < 1.29 is 13.5 Å². The third-order valence-corrected chi connectivity index (χ3v) is 6.76. The molecule has 2 aromatic heterocycles. The number of nitrogens with zero attached hydrogens (tertiary/aromatic N) is 3. The molecular formula is C23H22F2N4OS. The molecule has 0 bridgehead atoms. The molecule has 0 radical (unpaired) electrons. The molecular weight excluding hydrogens is 418 g/mol. The summed E-state index contributed by atoms with van der Waals surface area (Å²) >= 11 is 1.37. The predicted octanol–water partition coefficient (Wildman–Crippen LogP) is 5.74.